The molecule has 0 saturated carbocycles. The predicted octanol–water partition coefficient (Wildman–Crippen LogP) is 4.02. The number of anilines is 1. The van der Waals surface area contributed by atoms with E-state index in [4.69, 9.17) is 0 Å². The highest BCUT2D eigenvalue weighted by atomic mass is 32.2. The van der Waals surface area contributed by atoms with Gasteiger partial charge in [0, 0.05) is 37.6 Å². The van der Waals surface area contributed by atoms with Crippen LogP contribution in [-0.4, -0.2) is 47.7 Å². The summed E-state index contributed by atoms with van der Waals surface area (Å²) in [4.78, 5) is 21.2. The number of piperazine rings is 1. The molecule has 1 fully saturated rings. The number of halogens is 1. The molecule has 4 nitrogen and oxygen atoms in total. The van der Waals surface area contributed by atoms with Crippen LogP contribution in [0.1, 0.15) is 5.01 Å². The molecule has 0 unspecified atom stereocenters. The molecule has 0 radical (unpaired) electrons. The topological polar surface area (TPSA) is 36.4 Å². The fourth-order valence-corrected chi connectivity index (χ4v) is 5.11. The van der Waals surface area contributed by atoms with Crippen LogP contribution in [0, 0.1) is 5.82 Å². The fraction of sp³-hybridized carbons (Fsp3) is 0.300. The van der Waals surface area contributed by atoms with E-state index in [1.165, 1.54) is 16.8 Å². The van der Waals surface area contributed by atoms with E-state index in [1.54, 1.807) is 35.2 Å². The number of aromatic nitrogens is 1. The van der Waals surface area contributed by atoms with Crippen LogP contribution in [0.2, 0.25) is 0 Å². The molecule has 1 aliphatic rings. The van der Waals surface area contributed by atoms with Crippen LogP contribution in [0.4, 0.5) is 10.1 Å². The van der Waals surface area contributed by atoms with Crippen LogP contribution in [0.25, 0.3) is 10.2 Å². The van der Waals surface area contributed by atoms with Gasteiger partial charge in [-0.05, 0) is 36.4 Å². The number of hydrogen-bond donors (Lipinski definition) is 0. The zero-order chi connectivity index (χ0) is 18.6. The Bertz CT molecular complexity index is 887. The van der Waals surface area contributed by atoms with Crippen molar-refractivity contribution in [1.82, 2.24) is 9.88 Å². The van der Waals surface area contributed by atoms with E-state index < -0.39 is 0 Å². The molecule has 27 heavy (non-hydrogen) atoms. The first kappa shape index (κ1) is 18.3. The van der Waals surface area contributed by atoms with E-state index in [0.29, 0.717) is 18.8 Å². The zero-order valence-corrected chi connectivity index (χ0v) is 16.4. The van der Waals surface area contributed by atoms with E-state index in [9.17, 15) is 9.18 Å². The number of thiazole rings is 1. The van der Waals surface area contributed by atoms with Gasteiger partial charge in [0.25, 0.3) is 0 Å². The molecule has 140 valence electrons. The van der Waals surface area contributed by atoms with Gasteiger partial charge in [0.2, 0.25) is 5.91 Å². The molecular weight excluding hydrogens is 381 g/mol. The van der Waals surface area contributed by atoms with Crippen LogP contribution in [0.3, 0.4) is 0 Å². The van der Waals surface area contributed by atoms with Crippen molar-refractivity contribution in [2.45, 2.75) is 5.75 Å². The summed E-state index contributed by atoms with van der Waals surface area (Å²) < 4.78 is 14.2. The summed E-state index contributed by atoms with van der Waals surface area (Å²) >= 11 is 3.32. The molecule has 2 aromatic carbocycles. The SMILES string of the molecule is O=C(CSCc1nc2ccccc2s1)N1CCN(c2ccc(F)cc2)CC1. The Morgan fingerprint density at radius 1 is 1.07 bits per heavy atom. The maximum atomic E-state index is 13.0. The van der Waals surface area contributed by atoms with E-state index in [1.807, 2.05) is 23.1 Å². The van der Waals surface area contributed by atoms with Crippen molar-refractivity contribution in [2.24, 2.45) is 0 Å². The van der Waals surface area contributed by atoms with Gasteiger partial charge in [-0.1, -0.05) is 12.1 Å². The van der Waals surface area contributed by atoms with Crippen LogP contribution < -0.4 is 4.90 Å². The van der Waals surface area contributed by atoms with Gasteiger partial charge in [-0.25, -0.2) is 9.37 Å². The van der Waals surface area contributed by atoms with Crippen molar-refractivity contribution in [1.29, 1.82) is 0 Å². The van der Waals surface area contributed by atoms with E-state index >= 15 is 0 Å². The van der Waals surface area contributed by atoms with Gasteiger partial charge in [-0.15, -0.1) is 23.1 Å². The number of carbonyl (C=O) groups excluding carboxylic acids is 1. The van der Waals surface area contributed by atoms with Gasteiger partial charge in [0.1, 0.15) is 10.8 Å². The van der Waals surface area contributed by atoms with Gasteiger partial charge in [-0.2, -0.15) is 0 Å². The molecule has 7 heteroatoms. The highest BCUT2D eigenvalue weighted by Crippen LogP contribution is 2.25. The molecule has 3 aromatic rings. The Kier molecular flexibility index (Phi) is 5.59. The molecule has 1 aromatic heterocycles. The van der Waals surface area contributed by atoms with Gasteiger partial charge in [0.15, 0.2) is 0 Å². The molecule has 1 saturated heterocycles. The van der Waals surface area contributed by atoms with E-state index in [0.717, 1.165) is 35.1 Å². The lowest BCUT2D eigenvalue weighted by Crippen LogP contribution is -2.49. The number of fused-ring (bicyclic) bond motifs is 1. The number of nitrogens with zero attached hydrogens (tertiary/aromatic N) is 3. The number of carbonyl (C=O) groups is 1. The Labute approximate surface area is 166 Å². The largest absolute Gasteiger partial charge is 0.368 e. The van der Waals surface area contributed by atoms with Gasteiger partial charge in [-0.3, -0.25) is 4.79 Å². The summed E-state index contributed by atoms with van der Waals surface area (Å²) in [5, 5.41) is 1.06. The molecule has 0 aliphatic carbocycles. The summed E-state index contributed by atoms with van der Waals surface area (Å²) in [6.45, 7) is 2.97. The average molecular weight is 402 g/mol. The number of benzene rings is 2. The minimum absolute atomic E-state index is 0.180. The Morgan fingerprint density at radius 2 is 1.81 bits per heavy atom. The predicted molar refractivity (Wildman–Crippen MR) is 111 cm³/mol. The lowest BCUT2D eigenvalue weighted by molar-refractivity contribution is -0.128. The molecule has 0 atom stereocenters. The first-order valence-corrected chi connectivity index (χ1v) is 10.9. The number of thioether (sulfide) groups is 1. The van der Waals surface area contributed by atoms with Crippen LogP contribution in [0.5, 0.6) is 0 Å². The van der Waals surface area contributed by atoms with Crippen molar-refractivity contribution in [3.8, 4) is 0 Å². The summed E-state index contributed by atoms with van der Waals surface area (Å²) in [5.74, 6) is 1.20. The second-order valence-electron chi connectivity index (χ2n) is 6.41. The molecule has 2 heterocycles. The summed E-state index contributed by atoms with van der Waals surface area (Å²) in [6.07, 6.45) is 0. The summed E-state index contributed by atoms with van der Waals surface area (Å²) in [6, 6.07) is 14.7. The molecule has 0 bridgehead atoms. The molecular formula is C20H20FN3OS2. The molecule has 4 rings (SSSR count). The number of amides is 1. The van der Waals surface area contributed by atoms with Crippen molar-refractivity contribution in [3.63, 3.8) is 0 Å². The maximum absolute atomic E-state index is 13.0. The number of hydrogen-bond acceptors (Lipinski definition) is 5. The minimum atomic E-state index is -0.224. The minimum Gasteiger partial charge on any atom is -0.368 e. The smallest absolute Gasteiger partial charge is 0.232 e. The number of rotatable bonds is 5. The third-order valence-electron chi connectivity index (χ3n) is 4.61. The van der Waals surface area contributed by atoms with Crippen molar-refractivity contribution in [3.05, 3.63) is 59.4 Å². The second-order valence-corrected chi connectivity index (χ2v) is 8.51. The monoisotopic (exact) mass is 401 g/mol. The molecule has 0 N–H and O–H groups in total. The zero-order valence-electron chi connectivity index (χ0n) is 14.8. The van der Waals surface area contributed by atoms with Crippen molar-refractivity contribution in [2.75, 3.05) is 36.8 Å². The second kappa shape index (κ2) is 8.27. The lowest BCUT2D eigenvalue weighted by atomic mass is 10.2. The molecule has 0 spiro atoms. The van der Waals surface area contributed by atoms with Crippen molar-refractivity contribution < 1.29 is 9.18 Å². The standard InChI is InChI=1S/C20H20FN3OS2/c21-15-5-7-16(8-6-15)23-9-11-24(12-10-23)20(25)14-26-13-19-22-17-3-1-2-4-18(17)27-19/h1-8H,9-14H2. The first-order chi connectivity index (χ1) is 13.2. The van der Waals surface area contributed by atoms with Crippen LogP contribution in [0.15, 0.2) is 48.5 Å². The Morgan fingerprint density at radius 3 is 2.56 bits per heavy atom. The molecule has 1 aliphatic heterocycles. The quantitative estimate of drug-likeness (QED) is 0.647. The normalized spacial score (nSPS) is 14.7. The average Bonchev–Trinajstić information content (AvgIpc) is 3.11. The third-order valence-corrected chi connectivity index (χ3v) is 6.76. The Hall–Kier alpha value is -2.12. The van der Waals surface area contributed by atoms with Crippen LogP contribution in [-0.2, 0) is 10.5 Å². The number of para-hydroxylation sites is 1. The maximum Gasteiger partial charge on any atom is 0.232 e. The van der Waals surface area contributed by atoms with E-state index in [2.05, 4.69) is 16.0 Å². The van der Waals surface area contributed by atoms with Gasteiger partial charge in [0.05, 0.1) is 16.0 Å². The first-order valence-electron chi connectivity index (χ1n) is 8.89. The highest BCUT2D eigenvalue weighted by molar-refractivity contribution is 7.99. The summed E-state index contributed by atoms with van der Waals surface area (Å²) in [7, 11) is 0. The van der Waals surface area contributed by atoms with Gasteiger partial charge >= 0.3 is 0 Å². The summed E-state index contributed by atoms with van der Waals surface area (Å²) in [5.41, 5.74) is 2.04. The van der Waals surface area contributed by atoms with Crippen molar-refractivity contribution >= 4 is 44.9 Å². The van der Waals surface area contributed by atoms with Gasteiger partial charge < -0.3 is 9.80 Å². The Balaban J connectivity index is 1.24. The van der Waals surface area contributed by atoms with Crippen LogP contribution >= 0.6 is 23.1 Å². The fourth-order valence-electron chi connectivity index (χ4n) is 3.16. The highest BCUT2D eigenvalue weighted by Gasteiger charge is 2.21. The lowest BCUT2D eigenvalue weighted by Gasteiger charge is -2.36. The third kappa shape index (κ3) is 4.42. The molecule has 1 amide bonds. The van der Waals surface area contributed by atoms with E-state index in [-0.39, 0.29) is 11.7 Å².